The first-order valence-electron chi connectivity index (χ1n) is 7.89. The van der Waals surface area contributed by atoms with Crippen LogP contribution in [-0.4, -0.2) is 49.2 Å². The third-order valence-electron chi connectivity index (χ3n) is 5.11. The third-order valence-corrected chi connectivity index (χ3v) is 5.11. The number of rotatable bonds is 3. The van der Waals surface area contributed by atoms with Crippen molar-refractivity contribution in [2.45, 2.75) is 62.7 Å². The van der Waals surface area contributed by atoms with Gasteiger partial charge < -0.3 is 19.9 Å². The fraction of sp³-hybridized carbons (Fsp3) is 1.00. The van der Waals surface area contributed by atoms with Crippen LogP contribution in [0.5, 0.6) is 0 Å². The highest BCUT2D eigenvalue weighted by Gasteiger charge is 2.39. The molecule has 2 saturated heterocycles. The summed E-state index contributed by atoms with van der Waals surface area (Å²) in [7, 11) is 0. The fourth-order valence-corrected chi connectivity index (χ4v) is 3.86. The summed E-state index contributed by atoms with van der Waals surface area (Å²) in [5, 5.41) is 13.3. The summed E-state index contributed by atoms with van der Waals surface area (Å²) in [4.78, 5) is 0. The molecular weight excluding hydrogens is 242 g/mol. The van der Waals surface area contributed by atoms with Crippen LogP contribution in [0, 0.1) is 5.92 Å². The lowest BCUT2D eigenvalue weighted by Gasteiger charge is -2.43. The molecule has 3 unspecified atom stereocenters. The molecule has 2 heterocycles. The summed E-state index contributed by atoms with van der Waals surface area (Å²) in [6.45, 7) is 3.64. The van der Waals surface area contributed by atoms with Gasteiger partial charge in [-0.15, -0.1) is 0 Å². The summed E-state index contributed by atoms with van der Waals surface area (Å²) in [6.07, 6.45) is 7.44. The number of hydrogen-bond donors (Lipinski definition) is 2. The van der Waals surface area contributed by atoms with E-state index in [2.05, 4.69) is 5.32 Å². The average molecular weight is 269 g/mol. The Kier molecular flexibility index (Phi) is 4.42. The molecule has 2 N–H and O–H groups in total. The molecule has 0 radical (unpaired) electrons. The molecule has 4 nitrogen and oxygen atoms in total. The van der Waals surface area contributed by atoms with Crippen molar-refractivity contribution in [2.75, 3.05) is 26.4 Å². The topological polar surface area (TPSA) is 50.7 Å². The minimum Gasteiger partial charge on any atom is -0.393 e. The molecule has 3 aliphatic rings. The lowest BCUT2D eigenvalue weighted by atomic mass is 9.84. The van der Waals surface area contributed by atoms with Crippen molar-refractivity contribution < 1.29 is 14.6 Å². The normalized spacial score (nSPS) is 38.7. The third kappa shape index (κ3) is 3.48. The van der Waals surface area contributed by atoms with Crippen LogP contribution in [0.4, 0.5) is 0 Å². The number of aliphatic hydroxyl groups excluding tert-OH is 1. The first kappa shape index (κ1) is 13.8. The van der Waals surface area contributed by atoms with E-state index in [-0.39, 0.29) is 11.7 Å². The Morgan fingerprint density at radius 2 is 1.95 bits per heavy atom. The SMILES string of the molecule is OC1CCC(CNC2CCOC3(CCOCC3)C2)C1. The van der Waals surface area contributed by atoms with E-state index < -0.39 is 0 Å². The summed E-state index contributed by atoms with van der Waals surface area (Å²) in [5.41, 5.74) is 0.0867. The van der Waals surface area contributed by atoms with E-state index in [4.69, 9.17) is 9.47 Å². The molecule has 3 fully saturated rings. The smallest absolute Gasteiger partial charge is 0.0741 e. The van der Waals surface area contributed by atoms with E-state index in [0.717, 1.165) is 64.9 Å². The van der Waals surface area contributed by atoms with Crippen LogP contribution in [-0.2, 0) is 9.47 Å². The molecule has 19 heavy (non-hydrogen) atoms. The van der Waals surface area contributed by atoms with Crippen molar-refractivity contribution in [3.63, 3.8) is 0 Å². The van der Waals surface area contributed by atoms with Gasteiger partial charge in [0.05, 0.1) is 11.7 Å². The molecule has 0 bridgehead atoms. The Bertz CT molecular complexity index is 286. The second-order valence-corrected chi connectivity index (χ2v) is 6.57. The van der Waals surface area contributed by atoms with Crippen molar-refractivity contribution in [1.29, 1.82) is 0 Å². The molecule has 0 amide bonds. The predicted molar refractivity (Wildman–Crippen MR) is 73.1 cm³/mol. The standard InChI is InChI=1S/C15H27NO3/c17-14-2-1-12(9-14)11-16-13-3-6-19-15(10-13)4-7-18-8-5-15/h12-14,16-17H,1-11H2. The van der Waals surface area contributed by atoms with Gasteiger partial charge in [-0.05, 0) is 57.4 Å². The maximum Gasteiger partial charge on any atom is 0.0741 e. The van der Waals surface area contributed by atoms with Crippen LogP contribution in [0.3, 0.4) is 0 Å². The zero-order valence-corrected chi connectivity index (χ0v) is 11.8. The summed E-state index contributed by atoms with van der Waals surface area (Å²) in [5.74, 6) is 0.670. The molecule has 2 aliphatic heterocycles. The first-order chi connectivity index (χ1) is 9.26. The van der Waals surface area contributed by atoms with Crippen LogP contribution >= 0.6 is 0 Å². The van der Waals surface area contributed by atoms with E-state index >= 15 is 0 Å². The van der Waals surface area contributed by atoms with Gasteiger partial charge in [-0.2, -0.15) is 0 Å². The largest absolute Gasteiger partial charge is 0.393 e. The summed E-state index contributed by atoms with van der Waals surface area (Å²) in [6, 6.07) is 0.588. The van der Waals surface area contributed by atoms with Gasteiger partial charge in [0.25, 0.3) is 0 Å². The van der Waals surface area contributed by atoms with Gasteiger partial charge in [0, 0.05) is 25.9 Å². The zero-order chi connectivity index (χ0) is 13.1. The molecule has 0 aromatic rings. The fourth-order valence-electron chi connectivity index (χ4n) is 3.86. The van der Waals surface area contributed by atoms with Crippen molar-refractivity contribution in [3.05, 3.63) is 0 Å². The Balaban J connectivity index is 1.45. The lowest BCUT2D eigenvalue weighted by Crippen LogP contribution is -2.50. The Morgan fingerprint density at radius 1 is 1.11 bits per heavy atom. The highest BCUT2D eigenvalue weighted by atomic mass is 16.5. The monoisotopic (exact) mass is 269 g/mol. The highest BCUT2D eigenvalue weighted by molar-refractivity contribution is 4.92. The molecular formula is C15H27NO3. The number of nitrogens with one attached hydrogen (secondary N) is 1. The van der Waals surface area contributed by atoms with Gasteiger partial charge in [-0.25, -0.2) is 0 Å². The van der Waals surface area contributed by atoms with Gasteiger partial charge >= 0.3 is 0 Å². The van der Waals surface area contributed by atoms with Crippen LogP contribution < -0.4 is 5.32 Å². The van der Waals surface area contributed by atoms with Crippen molar-refractivity contribution in [2.24, 2.45) is 5.92 Å². The quantitative estimate of drug-likeness (QED) is 0.814. The first-order valence-corrected chi connectivity index (χ1v) is 7.89. The molecule has 1 spiro atoms. The van der Waals surface area contributed by atoms with Gasteiger partial charge in [-0.3, -0.25) is 0 Å². The van der Waals surface area contributed by atoms with Gasteiger partial charge in [0.1, 0.15) is 0 Å². The molecule has 0 aromatic heterocycles. The van der Waals surface area contributed by atoms with Crippen LogP contribution in [0.2, 0.25) is 0 Å². The molecule has 1 saturated carbocycles. The molecule has 4 heteroatoms. The van der Waals surface area contributed by atoms with Crippen molar-refractivity contribution >= 4 is 0 Å². The minimum absolute atomic E-state index is 0.0525. The molecule has 0 aromatic carbocycles. The van der Waals surface area contributed by atoms with Gasteiger partial charge in [-0.1, -0.05) is 0 Å². The van der Waals surface area contributed by atoms with Crippen molar-refractivity contribution in [1.82, 2.24) is 5.32 Å². The average Bonchev–Trinajstić information content (AvgIpc) is 2.83. The molecule has 1 aliphatic carbocycles. The Morgan fingerprint density at radius 3 is 2.68 bits per heavy atom. The maximum absolute atomic E-state index is 9.57. The predicted octanol–water partition coefficient (Wildman–Crippen LogP) is 1.47. The van der Waals surface area contributed by atoms with Crippen LogP contribution in [0.15, 0.2) is 0 Å². The van der Waals surface area contributed by atoms with Crippen LogP contribution in [0.1, 0.15) is 44.9 Å². The van der Waals surface area contributed by atoms with Crippen LogP contribution in [0.25, 0.3) is 0 Å². The number of hydrogen-bond acceptors (Lipinski definition) is 4. The zero-order valence-electron chi connectivity index (χ0n) is 11.8. The molecule has 3 rings (SSSR count). The van der Waals surface area contributed by atoms with E-state index in [9.17, 15) is 5.11 Å². The number of ether oxygens (including phenoxy) is 2. The van der Waals surface area contributed by atoms with Crippen molar-refractivity contribution in [3.8, 4) is 0 Å². The summed E-state index contributed by atoms with van der Waals surface area (Å²) >= 11 is 0. The maximum atomic E-state index is 9.57. The number of aliphatic hydroxyl groups is 1. The van der Waals surface area contributed by atoms with E-state index in [1.54, 1.807) is 0 Å². The Hall–Kier alpha value is -0.160. The Labute approximate surface area is 115 Å². The lowest BCUT2D eigenvalue weighted by molar-refractivity contribution is -0.140. The van der Waals surface area contributed by atoms with E-state index in [1.165, 1.54) is 6.42 Å². The minimum atomic E-state index is -0.0525. The van der Waals surface area contributed by atoms with E-state index in [1.807, 2.05) is 0 Å². The van der Waals surface area contributed by atoms with E-state index in [0.29, 0.717) is 12.0 Å². The molecule has 110 valence electrons. The van der Waals surface area contributed by atoms with Gasteiger partial charge in [0.2, 0.25) is 0 Å². The highest BCUT2D eigenvalue weighted by Crippen LogP contribution is 2.34. The second kappa shape index (κ2) is 6.08. The summed E-state index contributed by atoms with van der Waals surface area (Å²) < 4.78 is 11.5. The molecule has 3 atom stereocenters. The van der Waals surface area contributed by atoms with Gasteiger partial charge in [0.15, 0.2) is 0 Å². The second-order valence-electron chi connectivity index (χ2n) is 6.57.